The second-order valence-electron chi connectivity index (χ2n) is 3.59. The lowest BCUT2D eigenvalue weighted by atomic mass is 10.2. The SMILES string of the molecule is Cc1ccc(CNS(=O)(=O)CCCN)cn1. The Morgan fingerprint density at radius 3 is 2.75 bits per heavy atom. The molecule has 0 atom stereocenters. The van der Waals surface area contributed by atoms with Gasteiger partial charge in [-0.3, -0.25) is 4.98 Å². The summed E-state index contributed by atoms with van der Waals surface area (Å²) in [4.78, 5) is 4.09. The third-order valence-corrected chi connectivity index (χ3v) is 3.50. The number of aromatic nitrogens is 1. The third-order valence-electron chi connectivity index (χ3n) is 2.09. The highest BCUT2D eigenvalue weighted by Crippen LogP contribution is 2.00. The molecular formula is C10H17N3O2S. The average Bonchev–Trinajstić information content (AvgIpc) is 2.26. The number of hydrogen-bond acceptors (Lipinski definition) is 4. The highest BCUT2D eigenvalue weighted by molar-refractivity contribution is 7.89. The molecule has 6 heteroatoms. The topological polar surface area (TPSA) is 85.1 Å². The summed E-state index contributed by atoms with van der Waals surface area (Å²) in [5, 5.41) is 0. The van der Waals surface area contributed by atoms with Gasteiger partial charge < -0.3 is 5.73 Å². The van der Waals surface area contributed by atoms with Crippen LogP contribution in [0.1, 0.15) is 17.7 Å². The fraction of sp³-hybridized carbons (Fsp3) is 0.500. The molecule has 0 saturated carbocycles. The molecule has 0 unspecified atom stereocenters. The Kier molecular flexibility index (Phi) is 4.85. The standard InChI is InChI=1S/C10H17N3O2S/c1-9-3-4-10(7-12-9)8-13-16(14,15)6-2-5-11/h3-4,7,13H,2,5-6,8,11H2,1H3. The van der Waals surface area contributed by atoms with Crippen LogP contribution >= 0.6 is 0 Å². The lowest BCUT2D eigenvalue weighted by Crippen LogP contribution is -2.27. The van der Waals surface area contributed by atoms with Crippen LogP contribution < -0.4 is 10.5 Å². The van der Waals surface area contributed by atoms with Crippen molar-refractivity contribution >= 4 is 10.0 Å². The van der Waals surface area contributed by atoms with Crippen molar-refractivity contribution < 1.29 is 8.42 Å². The van der Waals surface area contributed by atoms with Crippen molar-refractivity contribution in [1.29, 1.82) is 0 Å². The minimum atomic E-state index is -3.21. The Hall–Kier alpha value is -0.980. The third kappa shape index (κ3) is 4.69. The smallest absolute Gasteiger partial charge is 0.211 e. The Labute approximate surface area is 96.1 Å². The van der Waals surface area contributed by atoms with E-state index in [-0.39, 0.29) is 12.3 Å². The molecule has 0 aliphatic rings. The highest BCUT2D eigenvalue weighted by atomic mass is 32.2. The maximum absolute atomic E-state index is 11.4. The summed E-state index contributed by atoms with van der Waals surface area (Å²) in [6, 6.07) is 3.71. The van der Waals surface area contributed by atoms with Gasteiger partial charge >= 0.3 is 0 Å². The first kappa shape index (κ1) is 13.1. The molecule has 1 rings (SSSR count). The minimum Gasteiger partial charge on any atom is -0.330 e. The van der Waals surface area contributed by atoms with Gasteiger partial charge in [0.2, 0.25) is 10.0 Å². The van der Waals surface area contributed by atoms with Gasteiger partial charge in [0.05, 0.1) is 5.75 Å². The van der Waals surface area contributed by atoms with Gasteiger partial charge in [0.1, 0.15) is 0 Å². The van der Waals surface area contributed by atoms with Crippen molar-refractivity contribution in [2.45, 2.75) is 19.9 Å². The number of pyridine rings is 1. The normalized spacial score (nSPS) is 11.6. The van der Waals surface area contributed by atoms with Gasteiger partial charge in [0, 0.05) is 18.4 Å². The lowest BCUT2D eigenvalue weighted by molar-refractivity contribution is 0.578. The van der Waals surface area contributed by atoms with Gasteiger partial charge in [-0.1, -0.05) is 6.07 Å². The van der Waals surface area contributed by atoms with Gasteiger partial charge in [-0.2, -0.15) is 0 Å². The van der Waals surface area contributed by atoms with Crippen LogP contribution in [-0.4, -0.2) is 25.7 Å². The Balaban J connectivity index is 2.48. The van der Waals surface area contributed by atoms with Crippen LogP contribution in [-0.2, 0) is 16.6 Å². The summed E-state index contributed by atoms with van der Waals surface area (Å²) in [5.41, 5.74) is 7.02. The van der Waals surface area contributed by atoms with Crippen LogP contribution in [0.5, 0.6) is 0 Å². The largest absolute Gasteiger partial charge is 0.330 e. The molecule has 0 aliphatic carbocycles. The van der Waals surface area contributed by atoms with E-state index < -0.39 is 10.0 Å². The summed E-state index contributed by atoms with van der Waals surface area (Å²) in [7, 11) is -3.21. The zero-order valence-corrected chi connectivity index (χ0v) is 10.1. The van der Waals surface area contributed by atoms with Crippen LogP contribution in [0.3, 0.4) is 0 Å². The predicted octanol–water partition coefficient (Wildman–Crippen LogP) is 0.158. The van der Waals surface area contributed by atoms with Crippen LogP contribution in [0.4, 0.5) is 0 Å². The first-order valence-electron chi connectivity index (χ1n) is 5.12. The van der Waals surface area contributed by atoms with Crippen molar-refractivity contribution in [3.05, 3.63) is 29.6 Å². The monoisotopic (exact) mass is 243 g/mol. The van der Waals surface area contributed by atoms with E-state index in [0.717, 1.165) is 11.3 Å². The lowest BCUT2D eigenvalue weighted by Gasteiger charge is -2.05. The molecule has 0 aliphatic heterocycles. The number of rotatable bonds is 6. The quantitative estimate of drug-likeness (QED) is 0.745. The number of nitrogens with one attached hydrogen (secondary N) is 1. The van der Waals surface area contributed by atoms with Crippen molar-refractivity contribution in [2.75, 3.05) is 12.3 Å². The summed E-state index contributed by atoms with van der Waals surface area (Å²) in [6.07, 6.45) is 2.14. The Morgan fingerprint density at radius 2 is 2.19 bits per heavy atom. The zero-order chi connectivity index (χ0) is 12.0. The van der Waals surface area contributed by atoms with E-state index in [1.807, 2.05) is 19.1 Å². The van der Waals surface area contributed by atoms with Gasteiger partial charge in [0.15, 0.2) is 0 Å². The fourth-order valence-electron chi connectivity index (χ4n) is 1.14. The molecule has 1 aromatic heterocycles. The zero-order valence-electron chi connectivity index (χ0n) is 9.31. The second-order valence-corrected chi connectivity index (χ2v) is 5.52. The van der Waals surface area contributed by atoms with E-state index in [9.17, 15) is 8.42 Å². The molecule has 3 N–H and O–H groups in total. The first-order chi connectivity index (χ1) is 7.53. The molecule has 5 nitrogen and oxygen atoms in total. The molecule has 0 saturated heterocycles. The number of nitrogens with zero attached hydrogens (tertiary/aromatic N) is 1. The van der Waals surface area contributed by atoms with Crippen molar-refractivity contribution in [3.8, 4) is 0 Å². The van der Waals surface area contributed by atoms with Crippen LogP contribution in [0.25, 0.3) is 0 Å². The van der Waals surface area contributed by atoms with Gasteiger partial charge in [0.25, 0.3) is 0 Å². The maximum Gasteiger partial charge on any atom is 0.211 e. The molecular weight excluding hydrogens is 226 g/mol. The Morgan fingerprint density at radius 1 is 1.44 bits per heavy atom. The molecule has 1 aromatic rings. The van der Waals surface area contributed by atoms with E-state index in [1.165, 1.54) is 0 Å². The number of aryl methyl sites for hydroxylation is 1. The fourth-order valence-corrected chi connectivity index (χ4v) is 2.22. The number of nitrogens with two attached hydrogens (primary N) is 1. The van der Waals surface area contributed by atoms with Gasteiger partial charge in [-0.05, 0) is 31.5 Å². The van der Waals surface area contributed by atoms with E-state index in [1.54, 1.807) is 6.20 Å². The average molecular weight is 243 g/mol. The molecule has 0 radical (unpaired) electrons. The molecule has 1 heterocycles. The molecule has 0 aromatic carbocycles. The summed E-state index contributed by atoms with van der Waals surface area (Å²) >= 11 is 0. The summed E-state index contributed by atoms with van der Waals surface area (Å²) in [5.74, 6) is 0.0722. The van der Waals surface area contributed by atoms with E-state index in [2.05, 4.69) is 9.71 Å². The molecule has 0 bridgehead atoms. The molecule has 0 spiro atoms. The number of sulfonamides is 1. The first-order valence-corrected chi connectivity index (χ1v) is 6.77. The van der Waals surface area contributed by atoms with Crippen LogP contribution in [0.2, 0.25) is 0 Å². The Bertz CT molecular complexity index is 414. The maximum atomic E-state index is 11.4. The van der Waals surface area contributed by atoms with E-state index >= 15 is 0 Å². The van der Waals surface area contributed by atoms with Crippen molar-refractivity contribution in [3.63, 3.8) is 0 Å². The van der Waals surface area contributed by atoms with Crippen molar-refractivity contribution in [2.24, 2.45) is 5.73 Å². The molecule has 16 heavy (non-hydrogen) atoms. The van der Waals surface area contributed by atoms with E-state index in [0.29, 0.717) is 13.0 Å². The van der Waals surface area contributed by atoms with E-state index in [4.69, 9.17) is 5.73 Å². The summed E-state index contributed by atoms with van der Waals surface area (Å²) in [6.45, 7) is 2.54. The molecule has 0 fully saturated rings. The second kappa shape index (κ2) is 5.93. The highest BCUT2D eigenvalue weighted by Gasteiger charge is 2.08. The van der Waals surface area contributed by atoms with Gasteiger partial charge in [-0.25, -0.2) is 13.1 Å². The number of hydrogen-bond donors (Lipinski definition) is 2. The van der Waals surface area contributed by atoms with Crippen molar-refractivity contribution in [1.82, 2.24) is 9.71 Å². The minimum absolute atomic E-state index is 0.0722. The predicted molar refractivity (Wildman–Crippen MR) is 63.3 cm³/mol. The molecule has 0 amide bonds. The molecule has 90 valence electrons. The van der Waals surface area contributed by atoms with Crippen LogP contribution in [0, 0.1) is 6.92 Å². The summed E-state index contributed by atoms with van der Waals surface area (Å²) < 4.78 is 25.4. The van der Waals surface area contributed by atoms with Crippen LogP contribution in [0.15, 0.2) is 18.3 Å². The van der Waals surface area contributed by atoms with Gasteiger partial charge in [-0.15, -0.1) is 0 Å².